The highest BCUT2D eigenvalue weighted by Crippen LogP contribution is 1.48. The van der Waals surface area contributed by atoms with Crippen LogP contribution < -0.4 is 0 Å². The number of hydrogen-bond acceptors (Lipinski definition) is 3. The molecular weight excluding hydrogens is 104 g/mol. The smallest absolute Gasteiger partial charge is 0.292 e. The van der Waals surface area contributed by atoms with Gasteiger partial charge in [-0.25, -0.2) is 0 Å². The lowest BCUT2D eigenvalue weighted by Crippen LogP contribution is -2.00. The van der Waals surface area contributed by atoms with Crippen LogP contribution in [0.3, 0.4) is 0 Å². The fourth-order valence-electron chi connectivity index (χ4n) is 0.0408. The normalized spacial score (nSPS) is 13.2. The predicted octanol–water partition coefficient (Wildman–Crippen LogP) is -3.01. The maximum atomic E-state index is 7.86. The van der Waals surface area contributed by atoms with Crippen LogP contribution >= 0.6 is 0 Å². The molecule has 0 bridgehead atoms. The topological polar surface area (TPSA) is 49.7 Å². The molecule has 0 aromatic heterocycles. The minimum Gasteiger partial charge on any atom is -0.424 e. The van der Waals surface area contributed by atoms with Gasteiger partial charge in [0.15, 0.2) is 0 Å². The van der Waals surface area contributed by atoms with Crippen LogP contribution in [0.4, 0.5) is 0 Å². The molecule has 0 aromatic carbocycles. The van der Waals surface area contributed by atoms with Gasteiger partial charge >= 0.3 is 0 Å². The van der Waals surface area contributed by atoms with Crippen molar-refractivity contribution in [1.29, 1.82) is 0 Å². The van der Waals surface area contributed by atoms with Gasteiger partial charge in [-0.1, -0.05) is 0 Å². The standard InChI is InChI=1S/H6O3Si2/c1-4-3-5-2/h1-2H,4-5H2. The summed E-state index contributed by atoms with van der Waals surface area (Å²) in [5, 5.41) is 0. The van der Waals surface area contributed by atoms with E-state index >= 15 is 0 Å². The zero-order chi connectivity index (χ0) is 4.12. The summed E-state index contributed by atoms with van der Waals surface area (Å²) in [6.07, 6.45) is 0. The first-order valence-electron chi connectivity index (χ1n) is 1.21. The van der Waals surface area contributed by atoms with Crippen molar-refractivity contribution in [3.05, 3.63) is 0 Å². The molecule has 2 N–H and O–H groups in total. The Balaban J connectivity index is 2.19. The summed E-state index contributed by atoms with van der Waals surface area (Å²) in [7, 11) is -2.55. The summed E-state index contributed by atoms with van der Waals surface area (Å²) in [6, 6.07) is 0. The van der Waals surface area contributed by atoms with Crippen LogP contribution in [0.25, 0.3) is 0 Å². The zero-order valence-electron chi connectivity index (χ0n) is 2.72. The summed E-state index contributed by atoms with van der Waals surface area (Å²) >= 11 is 0. The molecule has 0 heterocycles. The lowest BCUT2D eigenvalue weighted by atomic mass is 15.8. The van der Waals surface area contributed by atoms with Gasteiger partial charge < -0.3 is 13.7 Å². The second-order valence-corrected chi connectivity index (χ2v) is 2.61. The molecular formula is H6O3Si2. The molecule has 0 aliphatic heterocycles. The van der Waals surface area contributed by atoms with Gasteiger partial charge in [0.05, 0.1) is 0 Å². The Labute approximate surface area is 34.7 Å². The first-order chi connectivity index (χ1) is 2.41. The maximum Gasteiger partial charge on any atom is 0.292 e. The predicted molar refractivity (Wildman–Crippen MR) is 22.6 cm³/mol. The lowest BCUT2D eigenvalue weighted by Gasteiger charge is -1.83. The minimum absolute atomic E-state index is 1.27. The van der Waals surface area contributed by atoms with E-state index in [0.717, 1.165) is 0 Å². The van der Waals surface area contributed by atoms with Gasteiger partial charge in [0.2, 0.25) is 0 Å². The third-order valence-electron chi connectivity index (χ3n) is 0.183. The molecule has 0 fully saturated rings. The highest BCUT2D eigenvalue weighted by molar-refractivity contribution is 6.32. The summed E-state index contributed by atoms with van der Waals surface area (Å²) in [4.78, 5) is 15.7. The molecule has 5 heavy (non-hydrogen) atoms. The molecule has 3 nitrogen and oxygen atoms in total. The fourth-order valence-corrected chi connectivity index (χ4v) is 0.367. The van der Waals surface area contributed by atoms with E-state index in [0.29, 0.717) is 0 Å². The molecule has 32 valence electrons. The van der Waals surface area contributed by atoms with Crippen molar-refractivity contribution in [3.8, 4) is 0 Å². The quantitative estimate of drug-likeness (QED) is 0.372. The molecule has 0 aromatic rings. The van der Waals surface area contributed by atoms with Gasteiger partial charge in [-0.15, -0.1) is 0 Å². The second-order valence-electron chi connectivity index (χ2n) is 0.462. The summed E-state index contributed by atoms with van der Waals surface area (Å²) in [6.45, 7) is 0. The Morgan fingerprint density at radius 2 is 1.60 bits per heavy atom. The van der Waals surface area contributed by atoms with E-state index in [2.05, 4.69) is 4.12 Å². The van der Waals surface area contributed by atoms with E-state index in [-0.39, 0.29) is 0 Å². The maximum absolute atomic E-state index is 7.86. The van der Waals surface area contributed by atoms with Gasteiger partial charge in [-0.2, -0.15) is 0 Å². The van der Waals surface area contributed by atoms with E-state index in [4.69, 9.17) is 9.59 Å². The van der Waals surface area contributed by atoms with Crippen LogP contribution in [0.1, 0.15) is 0 Å². The van der Waals surface area contributed by atoms with E-state index in [1.807, 2.05) is 0 Å². The Morgan fingerprint density at radius 1 is 1.20 bits per heavy atom. The van der Waals surface area contributed by atoms with Crippen LogP contribution in [0, 0.1) is 0 Å². The van der Waals surface area contributed by atoms with Crippen LogP contribution in [0.2, 0.25) is 0 Å². The Hall–Kier alpha value is 0.314. The van der Waals surface area contributed by atoms with E-state index in [1.165, 1.54) is 0 Å². The van der Waals surface area contributed by atoms with Crippen LogP contribution in [-0.4, -0.2) is 29.6 Å². The van der Waals surface area contributed by atoms with Crippen LogP contribution in [0.5, 0.6) is 0 Å². The second kappa shape index (κ2) is 4.31. The molecule has 0 rings (SSSR count). The van der Waals surface area contributed by atoms with Crippen molar-refractivity contribution in [2.75, 3.05) is 0 Å². The van der Waals surface area contributed by atoms with Gasteiger partial charge in [-0.3, -0.25) is 0 Å². The van der Waals surface area contributed by atoms with E-state index in [1.54, 1.807) is 0 Å². The molecule has 0 atom stereocenters. The van der Waals surface area contributed by atoms with Crippen molar-refractivity contribution in [2.45, 2.75) is 0 Å². The molecule has 0 aliphatic carbocycles. The van der Waals surface area contributed by atoms with Gasteiger partial charge in [0.25, 0.3) is 20.0 Å². The zero-order valence-corrected chi connectivity index (χ0v) is 5.55. The largest absolute Gasteiger partial charge is 0.424 e. The molecule has 0 radical (unpaired) electrons. The van der Waals surface area contributed by atoms with Crippen LogP contribution in [-0.2, 0) is 4.12 Å². The molecule has 0 unspecified atom stereocenters. The molecule has 0 spiro atoms. The first kappa shape index (κ1) is 5.31. The van der Waals surface area contributed by atoms with Gasteiger partial charge in [-0.05, 0) is 0 Å². The third-order valence-corrected chi connectivity index (χ3v) is 1.64. The SMILES string of the molecule is O[SiH2]O[SiH2]O. The van der Waals surface area contributed by atoms with Crippen molar-refractivity contribution in [1.82, 2.24) is 0 Å². The van der Waals surface area contributed by atoms with Gasteiger partial charge in [0.1, 0.15) is 0 Å². The van der Waals surface area contributed by atoms with Gasteiger partial charge in [0, 0.05) is 0 Å². The molecule has 0 saturated carbocycles. The van der Waals surface area contributed by atoms with E-state index in [9.17, 15) is 0 Å². The summed E-state index contributed by atoms with van der Waals surface area (Å²) in [5.74, 6) is 0. The molecule has 0 saturated heterocycles. The molecule has 5 heteroatoms. The monoisotopic (exact) mass is 110 g/mol. The highest BCUT2D eigenvalue weighted by Gasteiger charge is 1.71. The average Bonchev–Trinajstić information content (AvgIpc) is 1.41. The average molecular weight is 110 g/mol. The Kier molecular flexibility index (Phi) is 4.58. The Bertz CT molecular complexity index is 12.4. The van der Waals surface area contributed by atoms with Crippen molar-refractivity contribution < 1.29 is 13.7 Å². The lowest BCUT2D eigenvalue weighted by molar-refractivity contribution is 0.408. The summed E-state index contributed by atoms with van der Waals surface area (Å²) < 4.78 is 4.22. The highest BCUT2D eigenvalue weighted by atomic mass is 28.3. The molecule has 0 aliphatic rings. The van der Waals surface area contributed by atoms with E-state index < -0.39 is 20.0 Å². The van der Waals surface area contributed by atoms with Crippen LogP contribution in [0.15, 0.2) is 0 Å². The third kappa shape index (κ3) is 4.31. The minimum atomic E-state index is -1.27. The number of hydrogen-bond donors (Lipinski definition) is 2. The first-order valence-corrected chi connectivity index (χ1v) is 3.63. The molecule has 0 amide bonds. The Morgan fingerprint density at radius 3 is 1.60 bits per heavy atom. The van der Waals surface area contributed by atoms with Crippen molar-refractivity contribution in [3.63, 3.8) is 0 Å². The number of rotatable bonds is 2. The van der Waals surface area contributed by atoms with Crippen molar-refractivity contribution in [2.24, 2.45) is 0 Å². The summed E-state index contributed by atoms with van der Waals surface area (Å²) in [5.41, 5.74) is 0. The fraction of sp³-hybridized carbons (Fsp3) is 0. The van der Waals surface area contributed by atoms with Crippen molar-refractivity contribution >= 4 is 20.0 Å².